The molecule has 3 aromatic rings. The van der Waals surface area contributed by atoms with Crippen LogP contribution in [0.5, 0.6) is 11.5 Å². The average molecular weight is 641 g/mol. The maximum atomic E-state index is 11.8. The fourth-order valence-electron chi connectivity index (χ4n) is 4.93. The van der Waals surface area contributed by atoms with Crippen molar-refractivity contribution in [3.05, 3.63) is 103 Å². The number of ether oxygens (including phenoxy) is 4. The maximum absolute atomic E-state index is 11.8. The zero-order valence-corrected chi connectivity index (χ0v) is 28.1. The normalized spacial score (nSPS) is 10.9. The molecule has 47 heavy (non-hydrogen) atoms. The standard InChI is InChI=1S/C41H52O6/c1-34(2)41(43)47-33-17-10-9-15-31-45-39-27-23-37(24-28-39)36-21-25-38(26-22-36)44-30-14-7-5-3-4-6-8-16-32-46-40(42)29-20-35-18-12-11-13-19-35/h11-13,18-29H,1,3-10,14-17,30-33H2,2H3/b29-20+. The van der Waals surface area contributed by atoms with E-state index in [4.69, 9.17) is 18.9 Å². The Bertz CT molecular complexity index is 1330. The van der Waals surface area contributed by atoms with Crippen LogP contribution in [0.15, 0.2) is 97.1 Å². The molecule has 0 aromatic heterocycles. The molecule has 6 heteroatoms. The fourth-order valence-corrected chi connectivity index (χ4v) is 4.93. The Morgan fingerprint density at radius 2 is 0.979 bits per heavy atom. The number of hydrogen-bond acceptors (Lipinski definition) is 6. The molecule has 3 aromatic carbocycles. The van der Waals surface area contributed by atoms with Gasteiger partial charge in [0.2, 0.25) is 0 Å². The number of rotatable bonds is 24. The van der Waals surface area contributed by atoms with Gasteiger partial charge in [-0.2, -0.15) is 0 Å². The molecule has 0 aliphatic carbocycles. The summed E-state index contributed by atoms with van der Waals surface area (Å²) in [4.78, 5) is 23.2. The molecular weight excluding hydrogens is 588 g/mol. The highest BCUT2D eigenvalue weighted by molar-refractivity contribution is 5.87. The summed E-state index contributed by atoms with van der Waals surface area (Å²) in [5.41, 5.74) is 3.73. The summed E-state index contributed by atoms with van der Waals surface area (Å²) in [6, 6.07) is 26.2. The van der Waals surface area contributed by atoms with E-state index in [-0.39, 0.29) is 11.9 Å². The van der Waals surface area contributed by atoms with Crippen molar-refractivity contribution in [3.8, 4) is 22.6 Å². The van der Waals surface area contributed by atoms with Gasteiger partial charge in [0.25, 0.3) is 0 Å². The van der Waals surface area contributed by atoms with Crippen LogP contribution < -0.4 is 9.47 Å². The first-order chi connectivity index (χ1) is 23.0. The molecule has 3 rings (SSSR count). The average Bonchev–Trinajstić information content (AvgIpc) is 3.09. The molecule has 0 amide bonds. The van der Waals surface area contributed by atoms with Crippen LogP contribution >= 0.6 is 0 Å². The van der Waals surface area contributed by atoms with E-state index in [0.717, 1.165) is 79.7 Å². The van der Waals surface area contributed by atoms with Crippen LogP contribution in [0, 0.1) is 0 Å². The second kappa shape index (κ2) is 23.1. The number of carbonyl (C=O) groups is 2. The van der Waals surface area contributed by atoms with E-state index in [1.54, 1.807) is 13.0 Å². The van der Waals surface area contributed by atoms with Crippen molar-refractivity contribution in [1.29, 1.82) is 0 Å². The molecule has 0 N–H and O–H groups in total. The van der Waals surface area contributed by atoms with E-state index < -0.39 is 0 Å². The van der Waals surface area contributed by atoms with Gasteiger partial charge in [0, 0.05) is 11.6 Å². The molecule has 0 heterocycles. The first-order valence-corrected chi connectivity index (χ1v) is 17.2. The van der Waals surface area contributed by atoms with Crippen LogP contribution in [0.25, 0.3) is 17.2 Å². The molecule has 0 atom stereocenters. The monoisotopic (exact) mass is 640 g/mol. The lowest BCUT2D eigenvalue weighted by atomic mass is 10.1. The van der Waals surface area contributed by atoms with E-state index in [1.165, 1.54) is 38.2 Å². The van der Waals surface area contributed by atoms with E-state index in [9.17, 15) is 9.59 Å². The van der Waals surface area contributed by atoms with Crippen LogP contribution in [0.4, 0.5) is 0 Å². The predicted octanol–water partition coefficient (Wildman–Crippen LogP) is 10.2. The van der Waals surface area contributed by atoms with Crippen molar-refractivity contribution in [2.45, 2.75) is 84.0 Å². The number of benzene rings is 3. The lowest BCUT2D eigenvalue weighted by molar-refractivity contribution is -0.139. The van der Waals surface area contributed by atoms with Gasteiger partial charge in [-0.1, -0.05) is 99.7 Å². The van der Waals surface area contributed by atoms with E-state index >= 15 is 0 Å². The van der Waals surface area contributed by atoms with Crippen molar-refractivity contribution in [2.24, 2.45) is 0 Å². The Morgan fingerprint density at radius 3 is 1.45 bits per heavy atom. The minimum absolute atomic E-state index is 0.276. The summed E-state index contributed by atoms with van der Waals surface area (Å²) in [7, 11) is 0. The lowest BCUT2D eigenvalue weighted by Crippen LogP contribution is -2.06. The molecule has 0 unspecified atom stereocenters. The summed E-state index contributed by atoms with van der Waals surface area (Å²) in [6.07, 6.45) is 16.2. The summed E-state index contributed by atoms with van der Waals surface area (Å²) >= 11 is 0. The van der Waals surface area contributed by atoms with Gasteiger partial charge in [-0.25, -0.2) is 9.59 Å². The van der Waals surface area contributed by atoms with Crippen molar-refractivity contribution in [2.75, 3.05) is 26.4 Å². The highest BCUT2D eigenvalue weighted by Gasteiger charge is 2.03. The number of unbranched alkanes of at least 4 members (excludes halogenated alkanes) is 10. The summed E-state index contributed by atoms with van der Waals surface area (Å²) in [5, 5.41) is 0. The van der Waals surface area contributed by atoms with Crippen LogP contribution in [0.3, 0.4) is 0 Å². The van der Waals surface area contributed by atoms with Crippen molar-refractivity contribution in [1.82, 2.24) is 0 Å². The molecule has 0 saturated carbocycles. The smallest absolute Gasteiger partial charge is 0.333 e. The van der Waals surface area contributed by atoms with Gasteiger partial charge < -0.3 is 18.9 Å². The largest absolute Gasteiger partial charge is 0.494 e. The minimum atomic E-state index is -0.315. The predicted molar refractivity (Wildman–Crippen MR) is 190 cm³/mol. The third kappa shape index (κ3) is 16.7. The van der Waals surface area contributed by atoms with Gasteiger partial charge in [0.15, 0.2) is 0 Å². The van der Waals surface area contributed by atoms with Crippen molar-refractivity contribution in [3.63, 3.8) is 0 Å². The molecule has 0 fully saturated rings. The molecule has 0 saturated heterocycles. The Morgan fingerprint density at radius 1 is 0.553 bits per heavy atom. The molecule has 252 valence electrons. The maximum Gasteiger partial charge on any atom is 0.333 e. The topological polar surface area (TPSA) is 71.1 Å². The summed E-state index contributed by atoms with van der Waals surface area (Å²) in [6.45, 7) is 7.58. The van der Waals surface area contributed by atoms with Crippen LogP contribution in [0.2, 0.25) is 0 Å². The number of hydrogen-bond donors (Lipinski definition) is 0. The van der Waals surface area contributed by atoms with Gasteiger partial charge >= 0.3 is 11.9 Å². The van der Waals surface area contributed by atoms with Gasteiger partial charge in [-0.15, -0.1) is 0 Å². The Balaban J connectivity index is 1.14. The molecule has 0 bridgehead atoms. The Labute approximate surface area is 281 Å². The molecule has 6 nitrogen and oxygen atoms in total. The van der Waals surface area contributed by atoms with E-state index in [1.807, 2.05) is 54.6 Å². The van der Waals surface area contributed by atoms with Gasteiger partial charge in [0.05, 0.1) is 26.4 Å². The molecule has 0 aliphatic rings. The van der Waals surface area contributed by atoms with Crippen molar-refractivity contribution < 1.29 is 28.5 Å². The highest BCUT2D eigenvalue weighted by atomic mass is 16.5. The van der Waals surface area contributed by atoms with Gasteiger partial charge in [-0.05, 0) is 92.5 Å². The SMILES string of the molecule is C=C(C)C(=O)OCCCCCCOc1ccc(-c2ccc(OCCCCCCCCCCOC(=O)/C=C/c3ccccc3)cc2)cc1. The molecule has 0 aliphatic heterocycles. The third-order valence-corrected chi connectivity index (χ3v) is 7.69. The first kappa shape index (κ1) is 37.1. The van der Waals surface area contributed by atoms with E-state index in [0.29, 0.717) is 25.4 Å². The van der Waals surface area contributed by atoms with Crippen LogP contribution in [0.1, 0.15) is 89.5 Å². The Hall–Kier alpha value is -4.32. The van der Waals surface area contributed by atoms with E-state index in [2.05, 4.69) is 30.8 Å². The van der Waals surface area contributed by atoms with Crippen molar-refractivity contribution >= 4 is 18.0 Å². The van der Waals surface area contributed by atoms with Crippen LogP contribution in [-0.2, 0) is 19.1 Å². The zero-order valence-electron chi connectivity index (χ0n) is 28.1. The second-order valence-corrected chi connectivity index (χ2v) is 11.8. The Kier molecular flexibility index (Phi) is 18.2. The third-order valence-electron chi connectivity index (χ3n) is 7.69. The molecule has 0 radical (unpaired) electrons. The quantitative estimate of drug-likeness (QED) is 0.0551. The number of esters is 2. The minimum Gasteiger partial charge on any atom is -0.494 e. The fraction of sp³-hybridized carbons (Fsp3) is 0.415. The van der Waals surface area contributed by atoms with Gasteiger partial charge in [0.1, 0.15) is 11.5 Å². The highest BCUT2D eigenvalue weighted by Crippen LogP contribution is 2.25. The van der Waals surface area contributed by atoms with Crippen LogP contribution in [-0.4, -0.2) is 38.4 Å². The zero-order chi connectivity index (χ0) is 33.4. The summed E-state index contributed by atoms with van der Waals surface area (Å²) in [5.74, 6) is 1.18. The summed E-state index contributed by atoms with van der Waals surface area (Å²) < 4.78 is 22.2. The second-order valence-electron chi connectivity index (χ2n) is 11.8. The first-order valence-electron chi connectivity index (χ1n) is 17.2. The molecule has 0 spiro atoms. The lowest BCUT2D eigenvalue weighted by Gasteiger charge is -2.09. The molecular formula is C41H52O6. The van der Waals surface area contributed by atoms with Gasteiger partial charge in [-0.3, -0.25) is 0 Å². The number of carbonyl (C=O) groups excluding carboxylic acids is 2.